The van der Waals surface area contributed by atoms with Gasteiger partial charge in [-0.3, -0.25) is 0 Å². The van der Waals surface area contributed by atoms with Crippen LogP contribution in [0.5, 0.6) is 0 Å². The lowest BCUT2D eigenvalue weighted by atomic mass is 9.83. The lowest BCUT2D eigenvalue weighted by Gasteiger charge is -2.22. The Morgan fingerprint density at radius 1 is 1.38 bits per heavy atom. The molecule has 0 aliphatic carbocycles. The Labute approximate surface area is 88.4 Å². The lowest BCUT2D eigenvalue weighted by Crippen LogP contribution is -2.14. The first-order chi connectivity index (χ1) is 5.99. The van der Waals surface area contributed by atoms with E-state index in [2.05, 4.69) is 27.4 Å². The molecular weight excluding hydrogens is 176 g/mol. The summed E-state index contributed by atoms with van der Waals surface area (Å²) < 4.78 is 0. The predicted molar refractivity (Wildman–Crippen MR) is 65.3 cm³/mol. The number of thiocarbonyl (C=S) groups is 1. The molecule has 0 heterocycles. The summed E-state index contributed by atoms with van der Waals surface area (Å²) in [5, 5.41) is 0. The first-order valence-corrected chi connectivity index (χ1v) is 5.57. The van der Waals surface area contributed by atoms with E-state index in [1.165, 1.54) is 12.0 Å². The Morgan fingerprint density at radius 3 is 2.23 bits per heavy atom. The van der Waals surface area contributed by atoms with Crippen molar-refractivity contribution >= 4 is 17.1 Å². The van der Waals surface area contributed by atoms with Crippen LogP contribution in [0.1, 0.15) is 47.0 Å². The molecule has 0 spiro atoms. The molecule has 0 aliphatic rings. The fourth-order valence-electron chi connectivity index (χ4n) is 1.67. The molecule has 1 unspecified atom stereocenters. The Hall–Kier alpha value is -0.170. The van der Waals surface area contributed by atoms with Gasteiger partial charge in [0.05, 0.1) is 0 Å². The summed E-state index contributed by atoms with van der Waals surface area (Å²) in [6.45, 7) is 12.9. The first-order valence-electron chi connectivity index (χ1n) is 5.16. The highest BCUT2D eigenvalue weighted by Gasteiger charge is 2.16. The van der Waals surface area contributed by atoms with Crippen molar-refractivity contribution in [3.63, 3.8) is 0 Å². The average Bonchev–Trinajstić information content (AvgIpc) is 1.99. The molecule has 13 heavy (non-hydrogen) atoms. The van der Waals surface area contributed by atoms with Gasteiger partial charge in [0, 0.05) is 0 Å². The van der Waals surface area contributed by atoms with Crippen LogP contribution in [0, 0.1) is 11.8 Å². The van der Waals surface area contributed by atoms with Gasteiger partial charge in [-0.05, 0) is 36.5 Å². The van der Waals surface area contributed by atoms with Crippen LogP contribution < -0.4 is 0 Å². The minimum Gasteiger partial charge on any atom is -0.0996 e. The first kappa shape index (κ1) is 12.8. The molecule has 0 aliphatic heterocycles. The molecule has 0 radical (unpaired) electrons. The Balaban J connectivity index is 4.24. The van der Waals surface area contributed by atoms with Gasteiger partial charge in [0.25, 0.3) is 0 Å². The minimum absolute atomic E-state index is 0.595. The van der Waals surface area contributed by atoms with E-state index in [0.29, 0.717) is 11.8 Å². The quantitative estimate of drug-likeness (QED) is 0.450. The van der Waals surface area contributed by atoms with Gasteiger partial charge < -0.3 is 0 Å². The highest BCUT2D eigenvalue weighted by atomic mass is 32.1. The standard InChI is InChI=1S/C12H22S/c1-6-7-10(4)12(9(2)3)8-11(5)13/h9,12H,4,6-8H2,1-3,5H3. The third-order valence-corrected chi connectivity index (χ3v) is 2.57. The summed E-state index contributed by atoms with van der Waals surface area (Å²) in [7, 11) is 0. The second kappa shape index (κ2) is 6.31. The van der Waals surface area contributed by atoms with Crippen LogP contribution in [0.2, 0.25) is 0 Å². The van der Waals surface area contributed by atoms with E-state index in [9.17, 15) is 0 Å². The maximum absolute atomic E-state index is 5.15. The Morgan fingerprint density at radius 2 is 1.92 bits per heavy atom. The molecule has 0 fully saturated rings. The van der Waals surface area contributed by atoms with Crippen LogP contribution in [-0.2, 0) is 0 Å². The molecule has 0 saturated carbocycles. The zero-order valence-corrected chi connectivity index (χ0v) is 10.2. The molecule has 0 nitrogen and oxygen atoms in total. The second-order valence-electron chi connectivity index (χ2n) is 4.16. The molecule has 0 aromatic carbocycles. The van der Waals surface area contributed by atoms with E-state index in [4.69, 9.17) is 12.2 Å². The molecule has 0 saturated heterocycles. The highest BCUT2D eigenvalue weighted by molar-refractivity contribution is 7.80. The largest absolute Gasteiger partial charge is 0.0996 e. The van der Waals surface area contributed by atoms with Crippen molar-refractivity contribution in [2.24, 2.45) is 11.8 Å². The lowest BCUT2D eigenvalue weighted by molar-refractivity contribution is 0.445. The number of allylic oxidation sites excluding steroid dienone is 1. The van der Waals surface area contributed by atoms with Gasteiger partial charge in [-0.15, -0.1) is 0 Å². The van der Waals surface area contributed by atoms with E-state index in [1.54, 1.807) is 0 Å². The summed E-state index contributed by atoms with van der Waals surface area (Å²) in [5.41, 5.74) is 1.38. The summed E-state index contributed by atoms with van der Waals surface area (Å²) in [5.74, 6) is 1.26. The van der Waals surface area contributed by atoms with Crippen molar-refractivity contribution in [1.82, 2.24) is 0 Å². The van der Waals surface area contributed by atoms with Crippen LogP contribution >= 0.6 is 12.2 Å². The zero-order chi connectivity index (χ0) is 10.4. The van der Waals surface area contributed by atoms with Crippen molar-refractivity contribution in [2.75, 3.05) is 0 Å². The van der Waals surface area contributed by atoms with E-state index in [1.807, 2.05) is 6.92 Å². The molecule has 0 rings (SSSR count). The van der Waals surface area contributed by atoms with Crippen molar-refractivity contribution in [1.29, 1.82) is 0 Å². The highest BCUT2D eigenvalue weighted by Crippen LogP contribution is 2.26. The molecule has 0 aromatic rings. The van der Waals surface area contributed by atoms with Crippen LogP contribution in [0.15, 0.2) is 12.2 Å². The van der Waals surface area contributed by atoms with Crippen LogP contribution in [0.25, 0.3) is 0 Å². The van der Waals surface area contributed by atoms with E-state index >= 15 is 0 Å². The summed E-state index contributed by atoms with van der Waals surface area (Å²) in [6.07, 6.45) is 3.37. The normalized spacial score (nSPS) is 13.0. The van der Waals surface area contributed by atoms with Gasteiger partial charge >= 0.3 is 0 Å². The summed E-state index contributed by atoms with van der Waals surface area (Å²) in [4.78, 5) is 1.11. The maximum Gasteiger partial charge on any atom is -0.00964 e. The predicted octanol–water partition coefficient (Wildman–Crippen LogP) is 4.39. The molecule has 76 valence electrons. The van der Waals surface area contributed by atoms with Gasteiger partial charge in [-0.1, -0.05) is 51.6 Å². The third-order valence-electron chi connectivity index (χ3n) is 2.41. The monoisotopic (exact) mass is 198 g/mol. The maximum atomic E-state index is 5.15. The van der Waals surface area contributed by atoms with Gasteiger partial charge in [0.1, 0.15) is 0 Å². The zero-order valence-electron chi connectivity index (χ0n) is 9.39. The molecule has 1 atom stereocenters. The Kier molecular flexibility index (Phi) is 6.23. The van der Waals surface area contributed by atoms with Crippen LogP contribution in [0.3, 0.4) is 0 Å². The van der Waals surface area contributed by atoms with Gasteiger partial charge in [-0.2, -0.15) is 0 Å². The summed E-state index contributed by atoms with van der Waals surface area (Å²) in [6, 6.07) is 0. The van der Waals surface area contributed by atoms with Crippen LogP contribution in [-0.4, -0.2) is 4.86 Å². The van der Waals surface area contributed by atoms with Crippen molar-refractivity contribution < 1.29 is 0 Å². The van der Waals surface area contributed by atoms with Crippen molar-refractivity contribution in [3.05, 3.63) is 12.2 Å². The molecule has 0 amide bonds. The van der Waals surface area contributed by atoms with E-state index in [-0.39, 0.29) is 0 Å². The Bertz CT molecular complexity index is 180. The molecule has 0 bridgehead atoms. The van der Waals surface area contributed by atoms with E-state index < -0.39 is 0 Å². The number of rotatable bonds is 6. The minimum atomic E-state index is 0.595. The topological polar surface area (TPSA) is 0 Å². The SMILES string of the molecule is C=C(CCC)C(CC(C)=S)C(C)C. The third kappa shape index (κ3) is 5.20. The van der Waals surface area contributed by atoms with Crippen molar-refractivity contribution in [3.8, 4) is 0 Å². The van der Waals surface area contributed by atoms with Gasteiger partial charge in [-0.25, -0.2) is 0 Å². The fraction of sp³-hybridized carbons (Fsp3) is 0.750. The second-order valence-corrected chi connectivity index (χ2v) is 4.86. The van der Waals surface area contributed by atoms with Crippen molar-refractivity contribution in [2.45, 2.75) is 47.0 Å². The molecule has 0 N–H and O–H groups in total. The molecule has 0 aromatic heterocycles. The fourth-order valence-corrected chi connectivity index (χ4v) is 1.85. The summed E-state index contributed by atoms with van der Waals surface area (Å²) >= 11 is 5.15. The number of hydrogen-bond donors (Lipinski definition) is 0. The van der Waals surface area contributed by atoms with Gasteiger partial charge in [0.2, 0.25) is 0 Å². The smallest absolute Gasteiger partial charge is 0.00964 e. The van der Waals surface area contributed by atoms with E-state index in [0.717, 1.165) is 17.7 Å². The number of hydrogen-bond acceptors (Lipinski definition) is 1. The molecular formula is C12H22S. The van der Waals surface area contributed by atoms with Crippen LogP contribution in [0.4, 0.5) is 0 Å². The molecule has 1 heteroatoms. The van der Waals surface area contributed by atoms with Gasteiger partial charge in [0.15, 0.2) is 0 Å². The average molecular weight is 198 g/mol.